The molecule has 1 saturated heterocycles. The van der Waals surface area contributed by atoms with Gasteiger partial charge in [-0.15, -0.1) is 0 Å². The Hall–Kier alpha value is -0.505. The molecule has 3 atom stereocenters. The maximum Gasteiger partial charge on any atom is 0.322 e. The molecule has 1 saturated carbocycles. The van der Waals surface area contributed by atoms with E-state index in [2.05, 4.69) is 4.81 Å². The molecule has 2 unspecified atom stereocenters. The van der Waals surface area contributed by atoms with Gasteiger partial charge in [-0.1, -0.05) is 0 Å². The van der Waals surface area contributed by atoms with Gasteiger partial charge in [0.25, 0.3) is 0 Å². The first-order chi connectivity index (χ1) is 6.24. The highest BCUT2D eigenvalue weighted by Crippen LogP contribution is 2.41. The summed E-state index contributed by atoms with van der Waals surface area (Å²) in [5, 5.41) is 0. The number of carbonyl (C=O) groups is 1. The molecule has 0 aromatic carbocycles. The average molecular weight is 181 g/mol. The summed E-state index contributed by atoms with van der Waals surface area (Å²) in [5.74, 6) is 0.547. The fourth-order valence-electron chi connectivity index (χ4n) is 2.79. The second-order valence-corrected chi connectivity index (χ2v) is 4.09. The molecule has 1 aliphatic carbocycles. The van der Waals surface area contributed by atoms with Crippen LogP contribution in [0.4, 0.5) is 0 Å². The van der Waals surface area contributed by atoms with Crippen molar-refractivity contribution in [1.82, 2.24) is 4.81 Å². The van der Waals surface area contributed by atoms with Crippen molar-refractivity contribution < 1.29 is 9.53 Å². The number of fused-ring (bicyclic) bond motifs is 2. The molecule has 1 aliphatic heterocycles. The van der Waals surface area contributed by atoms with Crippen LogP contribution in [0.15, 0.2) is 0 Å². The summed E-state index contributed by atoms with van der Waals surface area (Å²) in [6, 6.07) is 0.693. The van der Waals surface area contributed by atoms with E-state index < -0.39 is 0 Å². The van der Waals surface area contributed by atoms with Crippen molar-refractivity contribution in [2.24, 2.45) is 5.92 Å². The quantitative estimate of drug-likeness (QED) is 0.441. The number of rotatable bonds is 2. The third kappa shape index (κ3) is 1.37. The number of carbonyl (C=O) groups excluding carboxylic acids is 1. The van der Waals surface area contributed by atoms with Crippen molar-refractivity contribution in [3.05, 3.63) is 0 Å². The van der Waals surface area contributed by atoms with Crippen molar-refractivity contribution in [2.75, 3.05) is 6.61 Å². The number of hydrogen-bond donors (Lipinski definition) is 0. The first-order valence-electron chi connectivity index (χ1n) is 5.12. The molecule has 13 heavy (non-hydrogen) atoms. The molecular weight excluding hydrogens is 165 g/mol. The lowest BCUT2D eigenvalue weighted by atomic mass is 9.96. The lowest BCUT2D eigenvalue weighted by Crippen LogP contribution is -2.44. The second kappa shape index (κ2) is 3.33. The molecule has 2 aliphatic rings. The maximum absolute atomic E-state index is 11.6. The minimum atomic E-state index is -0.0165. The van der Waals surface area contributed by atoms with Crippen LogP contribution < -0.4 is 0 Å². The monoisotopic (exact) mass is 181 g/mol. The lowest BCUT2D eigenvalue weighted by molar-refractivity contribution is -0.149. The van der Waals surface area contributed by atoms with Crippen LogP contribution in [0.25, 0.3) is 0 Å². The van der Waals surface area contributed by atoms with Crippen LogP contribution >= 0.6 is 0 Å². The number of nitrogens with zero attached hydrogens (tertiary/aromatic N) is 1. The summed E-state index contributed by atoms with van der Waals surface area (Å²) in [4.78, 5) is 13.8. The number of hydrogen-bond acceptors (Lipinski definition) is 3. The highest BCUT2D eigenvalue weighted by molar-refractivity contribution is 6.07. The van der Waals surface area contributed by atoms with Gasteiger partial charge in [0.2, 0.25) is 0 Å². The molecular formula is C9H16BNO2. The van der Waals surface area contributed by atoms with E-state index in [0.29, 0.717) is 18.6 Å². The fraction of sp³-hybridized carbons (Fsp3) is 0.889. The van der Waals surface area contributed by atoms with Crippen molar-refractivity contribution >= 4 is 14.0 Å². The summed E-state index contributed by atoms with van der Waals surface area (Å²) in [5.41, 5.74) is 0. The van der Waals surface area contributed by atoms with Gasteiger partial charge in [0.1, 0.15) is 6.04 Å². The zero-order valence-electron chi connectivity index (χ0n) is 8.32. The average Bonchev–Trinajstić information content (AvgIpc) is 2.63. The van der Waals surface area contributed by atoms with Crippen LogP contribution in [0.3, 0.4) is 0 Å². The van der Waals surface area contributed by atoms with E-state index in [1.165, 1.54) is 19.3 Å². The van der Waals surface area contributed by atoms with Gasteiger partial charge in [0.15, 0.2) is 7.98 Å². The molecule has 2 fully saturated rings. The number of esters is 1. The Labute approximate surface area is 79.9 Å². The molecule has 2 bridgehead atoms. The smallest absolute Gasteiger partial charge is 0.322 e. The van der Waals surface area contributed by atoms with E-state index in [-0.39, 0.29) is 12.0 Å². The van der Waals surface area contributed by atoms with Crippen molar-refractivity contribution in [3.8, 4) is 0 Å². The van der Waals surface area contributed by atoms with Crippen LogP contribution in [-0.2, 0) is 9.53 Å². The molecule has 0 amide bonds. The minimum absolute atomic E-state index is 0.0165. The molecule has 0 aromatic rings. The highest BCUT2D eigenvalue weighted by Gasteiger charge is 2.47. The van der Waals surface area contributed by atoms with E-state index >= 15 is 0 Å². The fourth-order valence-corrected chi connectivity index (χ4v) is 2.79. The minimum Gasteiger partial charge on any atom is -0.465 e. The van der Waals surface area contributed by atoms with Gasteiger partial charge in [-0.25, -0.2) is 0 Å². The van der Waals surface area contributed by atoms with Gasteiger partial charge in [-0.3, -0.25) is 4.79 Å². The number of ether oxygens (including phenoxy) is 1. The zero-order chi connectivity index (χ0) is 9.42. The molecule has 4 heteroatoms. The molecule has 72 valence electrons. The maximum atomic E-state index is 11.6. The Morgan fingerprint density at radius 3 is 2.92 bits per heavy atom. The molecule has 2 rings (SSSR count). The van der Waals surface area contributed by atoms with Gasteiger partial charge in [0, 0.05) is 0 Å². The van der Waals surface area contributed by atoms with Gasteiger partial charge < -0.3 is 9.55 Å². The summed E-state index contributed by atoms with van der Waals surface area (Å²) >= 11 is 0. The van der Waals surface area contributed by atoms with E-state index in [4.69, 9.17) is 4.74 Å². The largest absolute Gasteiger partial charge is 0.465 e. The Kier molecular flexibility index (Phi) is 2.32. The Bertz CT molecular complexity index is 220. The van der Waals surface area contributed by atoms with Gasteiger partial charge in [-0.2, -0.15) is 0 Å². The molecule has 0 N–H and O–H groups in total. The van der Waals surface area contributed by atoms with Crippen LogP contribution in [0.5, 0.6) is 0 Å². The highest BCUT2D eigenvalue weighted by atomic mass is 16.5. The van der Waals surface area contributed by atoms with Crippen LogP contribution in [0.1, 0.15) is 26.2 Å². The SMILES string of the molecule is BN1C2CCC(C2)[C@H]1C(=O)OCC. The summed E-state index contributed by atoms with van der Waals surface area (Å²) in [7, 11) is 2.05. The zero-order valence-corrected chi connectivity index (χ0v) is 8.32. The molecule has 0 aromatic heterocycles. The van der Waals surface area contributed by atoms with Crippen LogP contribution in [0, 0.1) is 5.92 Å². The molecule has 3 nitrogen and oxygen atoms in total. The molecule has 0 radical (unpaired) electrons. The van der Waals surface area contributed by atoms with Gasteiger partial charge >= 0.3 is 5.97 Å². The van der Waals surface area contributed by atoms with E-state index in [1.54, 1.807) is 0 Å². The Balaban J connectivity index is 2.03. The first-order valence-corrected chi connectivity index (χ1v) is 5.12. The number of piperidine rings is 1. The van der Waals surface area contributed by atoms with Gasteiger partial charge in [0.05, 0.1) is 6.61 Å². The lowest BCUT2D eigenvalue weighted by Gasteiger charge is -2.30. The first kappa shape index (κ1) is 9.07. The predicted octanol–water partition coefficient (Wildman–Crippen LogP) is -0.0495. The van der Waals surface area contributed by atoms with E-state index in [9.17, 15) is 4.79 Å². The van der Waals surface area contributed by atoms with E-state index in [0.717, 1.165) is 0 Å². The van der Waals surface area contributed by atoms with Gasteiger partial charge in [-0.05, 0) is 38.1 Å². The Morgan fingerprint density at radius 1 is 1.62 bits per heavy atom. The van der Waals surface area contributed by atoms with E-state index in [1.807, 2.05) is 14.9 Å². The van der Waals surface area contributed by atoms with Crippen molar-refractivity contribution in [1.29, 1.82) is 0 Å². The third-order valence-electron chi connectivity index (χ3n) is 3.43. The third-order valence-corrected chi connectivity index (χ3v) is 3.43. The van der Waals surface area contributed by atoms with Crippen molar-refractivity contribution in [3.63, 3.8) is 0 Å². The summed E-state index contributed by atoms with van der Waals surface area (Å²) in [6.07, 6.45) is 3.66. The molecule has 0 spiro atoms. The topological polar surface area (TPSA) is 29.5 Å². The summed E-state index contributed by atoms with van der Waals surface area (Å²) < 4.78 is 5.07. The standard InChI is InChI=1S/C9H16BNO2/c1-2-13-9(12)8-6-3-4-7(5-6)11(8)10/h6-8H,2-5,10H2,1H3/t6?,7?,8-/m0/s1. The van der Waals surface area contributed by atoms with Crippen LogP contribution in [0.2, 0.25) is 0 Å². The predicted molar refractivity (Wildman–Crippen MR) is 51.9 cm³/mol. The second-order valence-electron chi connectivity index (χ2n) is 4.09. The van der Waals surface area contributed by atoms with Crippen molar-refractivity contribution in [2.45, 2.75) is 38.3 Å². The molecule has 1 heterocycles. The Morgan fingerprint density at radius 2 is 2.38 bits per heavy atom. The van der Waals surface area contributed by atoms with Crippen LogP contribution in [-0.4, -0.2) is 37.5 Å². The summed E-state index contributed by atoms with van der Waals surface area (Å²) in [6.45, 7) is 2.37. The normalized spacial score (nSPS) is 38.1.